The molecule has 1 unspecified atom stereocenters. The van der Waals surface area contributed by atoms with Gasteiger partial charge in [0.05, 0.1) is 0 Å². The Morgan fingerprint density at radius 3 is 2.89 bits per heavy atom. The van der Waals surface area contributed by atoms with Gasteiger partial charge in [-0.15, -0.1) is 0 Å². The summed E-state index contributed by atoms with van der Waals surface area (Å²) in [6.45, 7) is 0. The summed E-state index contributed by atoms with van der Waals surface area (Å²) in [5, 5.41) is 8.51. The summed E-state index contributed by atoms with van der Waals surface area (Å²) in [6.07, 6.45) is 0.866. The molecule has 6 heteroatoms. The van der Waals surface area contributed by atoms with Crippen LogP contribution in [0.15, 0.2) is 12.0 Å². The van der Waals surface area contributed by atoms with Gasteiger partial charge in [-0.3, -0.25) is 0 Å². The van der Waals surface area contributed by atoms with E-state index in [9.17, 15) is 4.79 Å². The van der Waals surface area contributed by atoms with Crippen molar-refractivity contribution in [2.75, 3.05) is 0 Å². The van der Waals surface area contributed by atoms with Crippen LogP contribution in [0.3, 0.4) is 0 Å². The molecule has 1 aliphatic rings. The lowest BCUT2D eigenvalue weighted by molar-refractivity contribution is -0.133. The van der Waals surface area contributed by atoms with Crippen molar-refractivity contribution in [3.8, 4) is 0 Å². The Labute approximate surface area is 56.7 Å². The smallest absolute Gasteiger partial charge is 0.403 e. The van der Waals surface area contributed by atoms with Crippen molar-refractivity contribution in [2.24, 2.45) is 0 Å². The zero-order chi connectivity index (χ0) is 6.85. The summed E-state index contributed by atoms with van der Waals surface area (Å²) < 4.78 is 8.68. The summed E-state index contributed by atoms with van der Waals surface area (Å²) in [5.41, 5.74) is 0. The fourth-order valence-corrected chi connectivity index (χ4v) is 1.03. The van der Waals surface area contributed by atoms with Gasteiger partial charge in [0.15, 0.2) is 0 Å². The van der Waals surface area contributed by atoms with Gasteiger partial charge < -0.3 is 14.2 Å². The molecule has 1 aliphatic heterocycles. The van der Waals surface area contributed by atoms with Crippen molar-refractivity contribution >= 4 is 24.9 Å². The summed E-state index contributed by atoms with van der Waals surface area (Å²) in [6, 6.07) is 0. The number of hydrogen-bond acceptors (Lipinski definition) is 4. The van der Waals surface area contributed by atoms with Gasteiger partial charge in [0.1, 0.15) is 6.26 Å². The van der Waals surface area contributed by atoms with E-state index in [1.54, 1.807) is 0 Å². The lowest BCUT2D eigenvalue weighted by atomic mass is 10.6. The van der Waals surface area contributed by atoms with E-state index in [-0.39, 0.29) is 0 Å². The average Bonchev–Trinajstić information content (AvgIpc) is 1.80. The normalized spacial score (nSPS) is 26.1. The quantitative estimate of drug-likeness (QED) is 0.556. The van der Waals surface area contributed by atoms with E-state index < -0.39 is 19.5 Å². The lowest BCUT2D eigenvalue weighted by Crippen LogP contribution is -2.07. The molecular weight excluding hydrogens is 166 g/mol. The van der Waals surface area contributed by atoms with Crippen molar-refractivity contribution in [1.82, 2.24) is 0 Å². The summed E-state index contributed by atoms with van der Waals surface area (Å²) >= 11 is 5.22. The minimum absolute atomic E-state index is 0.561. The predicted octanol–water partition coefficient (Wildman–Crippen LogP) is 1.42. The van der Waals surface area contributed by atoms with E-state index in [0.29, 0.717) is 0 Å². The maximum absolute atomic E-state index is 10.3. The molecule has 1 N–H and O–H groups in total. The van der Waals surface area contributed by atoms with Gasteiger partial charge in [0.2, 0.25) is 5.76 Å². The van der Waals surface area contributed by atoms with E-state index in [0.717, 1.165) is 6.26 Å². The third-order valence-corrected chi connectivity index (χ3v) is 1.64. The van der Waals surface area contributed by atoms with Gasteiger partial charge >= 0.3 is 13.7 Å². The molecule has 0 aromatic carbocycles. The fraction of sp³-hybridized carbons (Fsp3) is 0. The Morgan fingerprint density at radius 2 is 2.44 bits per heavy atom. The van der Waals surface area contributed by atoms with Gasteiger partial charge in [0, 0.05) is 0 Å². The molecule has 0 bridgehead atoms. The standard InChI is InChI=1S/C3H2ClO4P/c4-9-7-1-2(5)3(6)8-9/h1,5H. The van der Waals surface area contributed by atoms with Gasteiger partial charge in [-0.2, -0.15) is 0 Å². The highest BCUT2D eigenvalue weighted by Crippen LogP contribution is 2.46. The van der Waals surface area contributed by atoms with Crippen LogP contribution in [0.4, 0.5) is 0 Å². The molecule has 0 aromatic rings. The Kier molecular flexibility index (Phi) is 1.78. The lowest BCUT2D eigenvalue weighted by Gasteiger charge is -2.11. The molecule has 0 amide bonds. The van der Waals surface area contributed by atoms with Crippen molar-refractivity contribution < 1.29 is 18.9 Å². The monoisotopic (exact) mass is 168 g/mol. The van der Waals surface area contributed by atoms with Crippen LogP contribution in [-0.4, -0.2) is 11.1 Å². The van der Waals surface area contributed by atoms with Gasteiger partial charge in [-0.05, 0) is 11.2 Å². The molecule has 1 atom stereocenters. The van der Waals surface area contributed by atoms with Crippen LogP contribution >= 0.6 is 19.0 Å². The highest BCUT2D eigenvalue weighted by Gasteiger charge is 2.23. The molecule has 50 valence electrons. The van der Waals surface area contributed by atoms with E-state index in [4.69, 9.17) is 16.3 Å². The van der Waals surface area contributed by atoms with E-state index >= 15 is 0 Å². The Bertz CT molecular complexity index is 167. The molecule has 4 nitrogen and oxygen atoms in total. The van der Waals surface area contributed by atoms with Gasteiger partial charge in [-0.25, -0.2) is 4.79 Å². The molecular formula is C3H2ClO4P. The number of halogens is 1. The largest absolute Gasteiger partial charge is 0.500 e. The predicted molar refractivity (Wildman–Crippen MR) is 30.7 cm³/mol. The minimum Gasteiger partial charge on any atom is -0.500 e. The Balaban J connectivity index is 2.68. The SMILES string of the molecule is O=C1OP(Cl)OC=C1O. The summed E-state index contributed by atoms with van der Waals surface area (Å²) in [7, 11) is -1.67. The highest BCUT2D eigenvalue weighted by molar-refractivity contribution is 7.76. The number of carbonyl (C=O) groups excluding carboxylic acids is 1. The second kappa shape index (κ2) is 2.42. The van der Waals surface area contributed by atoms with Crippen LogP contribution in [0, 0.1) is 0 Å². The molecule has 0 aromatic heterocycles. The molecule has 0 spiro atoms. The number of aliphatic hydroxyl groups excluding tert-OH is 1. The third-order valence-electron chi connectivity index (χ3n) is 0.611. The molecule has 0 saturated heterocycles. The van der Waals surface area contributed by atoms with Crippen LogP contribution in [0.2, 0.25) is 0 Å². The molecule has 0 radical (unpaired) electrons. The average molecular weight is 168 g/mol. The Hall–Kier alpha value is -0.470. The first-order chi connectivity index (χ1) is 4.20. The van der Waals surface area contributed by atoms with Crippen LogP contribution in [-0.2, 0) is 13.8 Å². The van der Waals surface area contributed by atoms with Crippen molar-refractivity contribution in [1.29, 1.82) is 0 Å². The van der Waals surface area contributed by atoms with Crippen LogP contribution in [0.1, 0.15) is 0 Å². The van der Waals surface area contributed by atoms with E-state index in [2.05, 4.69) is 9.05 Å². The van der Waals surface area contributed by atoms with Crippen LogP contribution < -0.4 is 0 Å². The first-order valence-corrected chi connectivity index (χ1v) is 4.02. The number of aliphatic hydroxyl groups is 1. The zero-order valence-electron chi connectivity index (χ0n) is 4.07. The topological polar surface area (TPSA) is 55.8 Å². The maximum Gasteiger partial charge on any atom is 0.403 e. The van der Waals surface area contributed by atoms with Crippen molar-refractivity contribution in [3.63, 3.8) is 0 Å². The highest BCUT2D eigenvalue weighted by atomic mass is 35.7. The van der Waals surface area contributed by atoms with Gasteiger partial charge in [-0.1, -0.05) is 0 Å². The fourth-order valence-electron chi connectivity index (χ4n) is 0.273. The molecule has 1 rings (SSSR count). The molecule has 1 heterocycles. The third kappa shape index (κ3) is 1.47. The van der Waals surface area contributed by atoms with E-state index in [1.165, 1.54) is 0 Å². The van der Waals surface area contributed by atoms with E-state index in [1.807, 2.05) is 0 Å². The van der Waals surface area contributed by atoms with Crippen molar-refractivity contribution in [2.45, 2.75) is 0 Å². The Morgan fingerprint density at radius 1 is 1.78 bits per heavy atom. The first-order valence-electron chi connectivity index (χ1n) is 1.94. The second-order valence-corrected chi connectivity index (χ2v) is 2.85. The second-order valence-electron chi connectivity index (χ2n) is 1.20. The summed E-state index contributed by atoms with van der Waals surface area (Å²) in [5.74, 6) is -1.41. The molecule has 0 fully saturated rings. The van der Waals surface area contributed by atoms with Crippen molar-refractivity contribution in [3.05, 3.63) is 12.0 Å². The molecule has 9 heavy (non-hydrogen) atoms. The van der Waals surface area contributed by atoms with Gasteiger partial charge in [0.25, 0.3) is 0 Å². The number of rotatable bonds is 0. The zero-order valence-corrected chi connectivity index (χ0v) is 5.72. The molecule has 0 aliphatic carbocycles. The maximum atomic E-state index is 10.3. The summed E-state index contributed by atoms with van der Waals surface area (Å²) in [4.78, 5) is 10.3. The number of hydrogen-bond donors (Lipinski definition) is 1. The molecule has 0 saturated carbocycles. The number of carbonyl (C=O) groups is 1. The minimum atomic E-state index is -1.67. The first kappa shape index (κ1) is 6.65. The van der Waals surface area contributed by atoms with Crippen LogP contribution in [0.25, 0.3) is 0 Å². The van der Waals surface area contributed by atoms with Crippen LogP contribution in [0.5, 0.6) is 0 Å².